The van der Waals surface area contributed by atoms with E-state index >= 15 is 0 Å². The van der Waals surface area contributed by atoms with E-state index in [-0.39, 0.29) is 0 Å². The summed E-state index contributed by atoms with van der Waals surface area (Å²) in [5.41, 5.74) is 1.75. The van der Waals surface area contributed by atoms with Gasteiger partial charge in [0.25, 0.3) is 0 Å². The zero-order valence-electron chi connectivity index (χ0n) is 10.9. The summed E-state index contributed by atoms with van der Waals surface area (Å²) in [6.07, 6.45) is 3.78. The van der Waals surface area contributed by atoms with Gasteiger partial charge in [-0.3, -0.25) is 0 Å². The van der Waals surface area contributed by atoms with Crippen molar-refractivity contribution in [1.82, 2.24) is 0 Å². The van der Waals surface area contributed by atoms with Crippen molar-refractivity contribution in [3.63, 3.8) is 0 Å². The fourth-order valence-electron chi connectivity index (χ4n) is 3.04. The maximum atomic E-state index is 8.98. The summed E-state index contributed by atoms with van der Waals surface area (Å²) >= 11 is 3.45. The van der Waals surface area contributed by atoms with Crippen LogP contribution in [0.2, 0.25) is 0 Å². The highest BCUT2D eigenvalue weighted by atomic mass is 79.9. The number of nitriles is 1. The molecule has 3 heteroatoms. The molecule has 1 aromatic carbocycles. The Hall–Kier alpha value is -1.01. The Morgan fingerprint density at radius 2 is 1.83 bits per heavy atom. The van der Waals surface area contributed by atoms with E-state index in [2.05, 4.69) is 41.2 Å². The zero-order valence-corrected chi connectivity index (χ0v) is 12.5. The molecular weight excluding hydrogens is 288 g/mol. The highest BCUT2D eigenvalue weighted by Crippen LogP contribution is 2.31. The van der Waals surface area contributed by atoms with E-state index < -0.39 is 0 Å². The van der Waals surface area contributed by atoms with E-state index in [0.717, 1.165) is 22.0 Å². The first-order valence-electron chi connectivity index (χ1n) is 6.54. The third-order valence-corrected chi connectivity index (χ3v) is 4.03. The normalized spacial score (nSPS) is 27.6. The molecule has 1 fully saturated rings. The van der Waals surface area contributed by atoms with E-state index in [9.17, 15) is 0 Å². The van der Waals surface area contributed by atoms with E-state index in [4.69, 9.17) is 5.26 Å². The molecule has 2 rings (SSSR count). The molecule has 2 atom stereocenters. The molecule has 0 aromatic heterocycles. The van der Waals surface area contributed by atoms with E-state index in [0.29, 0.717) is 11.6 Å². The van der Waals surface area contributed by atoms with Crippen LogP contribution < -0.4 is 5.32 Å². The molecule has 1 N–H and O–H groups in total. The van der Waals surface area contributed by atoms with Gasteiger partial charge >= 0.3 is 0 Å². The second-order valence-corrected chi connectivity index (χ2v) is 6.51. The van der Waals surface area contributed by atoms with Crippen molar-refractivity contribution in [3.05, 3.63) is 28.2 Å². The Morgan fingerprint density at radius 3 is 2.44 bits per heavy atom. The third kappa shape index (κ3) is 3.49. The van der Waals surface area contributed by atoms with Gasteiger partial charge in [0.2, 0.25) is 0 Å². The second kappa shape index (κ2) is 5.75. The first-order valence-corrected chi connectivity index (χ1v) is 7.33. The zero-order chi connectivity index (χ0) is 13.1. The number of nitrogens with zero attached hydrogens (tertiary/aromatic N) is 1. The standard InChI is InChI=1S/C15H19BrN2/c1-10-3-11(2)5-14(4-10)18-15-7-12(9-17)6-13(16)8-15/h6-8,10-11,14,18H,3-5H2,1-2H3. The molecule has 96 valence electrons. The number of nitrogens with one attached hydrogen (secondary N) is 1. The second-order valence-electron chi connectivity index (χ2n) is 5.60. The highest BCUT2D eigenvalue weighted by Gasteiger charge is 2.23. The summed E-state index contributed by atoms with van der Waals surface area (Å²) in [5.74, 6) is 1.57. The average Bonchev–Trinajstić information content (AvgIpc) is 2.26. The minimum absolute atomic E-state index is 0.532. The summed E-state index contributed by atoms with van der Waals surface area (Å²) in [7, 11) is 0. The maximum absolute atomic E-state index is 8.98. The summed E-state index contributed by atoms with van der Waals surface area (Å²) < 4.78 is 0.959. The van der Waals surface area contributed by atoms with Gasteiger partial charge in [-0.1, -0.05) is 29.8 Å². The van der Waals surface area contributed by atoms with Crippen LogP contribution in [-0.2, 0) is 0 Å². The maximum Gasteiger partial charge on any atom is 0.0992 e. The van der Waals surface area contributed by atoms with Gasteiger partial charge in [0.15, 0.2) is 0 Å². The lowest BCUT2D eigenvalue weighted by Gasteiger charge is -2.32. The number of hydrogen-bond acceptors (Lipinski definition) is 2. The molecule has 1 aliphatic carbocycles. The largest absolute Gasteiger partial charge is 0.382 e. The molecule has 0 amide bonds. The van der Waals surface area contributed by atoms with Gasteiger partial charge in [0, 0.05) is 16.2 Å². The van der Waals surface area contributed by atoms with Crippen molar-refractivity contribution in [3.8, 4) is 6.07 Å². The van der Waals surface area contributed by atoms with Crippen molar-refractivity contribution >= 4 is 21.6 Å². The molecule has 0 bridgehead atoms. The topological polar surface area (TPSA) is 35.8 Å². The van der Waals surface area contributed by atoms with Gasteiger partial charge in [-0.05, 0) is 49.3 Å². The summed E-state index contributed by atoms with van der Waals surface area (Å²) in [5, 5.41) is 12.6. The smallest absolute Gasteiger partial charge is 0.0992 e. The van der Waals surface area contributed by atoms with Crippen LogP contribution in [0.5, 0.6) is 0 Å². The predicted molar refractivity (Wildman–Crippen MR) is 78.4 cm³/mol. The number of anilines is 1. The average molecular weight is 307 g/mol. The van der Waals surface area contributed by atoms with Crippen molar-refractivity contribution in [1.29, 1.82) is 5.26 Å². The minimum atomic E-state index is 0.532. The lowest BCUT2D eigenvalue weighted by atomic mass is 9.80. The molecule has 0 radical (unpaired) electrons. The van der Waals surface area contributed by atoms with Gasteiger partial charge in [-0.25, -0.2) is 0 Å². The monoisotopic (exact) mass is 306 g/mol. The lowest BCUT2D eigenvalue weighted by molar-refractivity contribution is 0.281. The minimum Gasteiger partial charge on any atom is -0.382 e. The van der Waals surface area contributed by atoms with E-state index in [1.165, 1.54) is 19.3 Å². The van der Waals surface area contributed by atoms with E-state index in [1.54, 1.807) is 0 Å². The molecule has 2 nitrogen and oxygen atoms in total. The molecule has 1 saturated carbocycles. The molecule has 2 unspecified atom stereocenters. The van der Waals surface area contributed by atoms with Gasteiger partial charge in [0.1, 0.15) is 0 Å². The number of hydrogen-bond donors (Lipinski definition) is 1. The first kappa shape index (κ1) is 13.4. The fraction of sp³-hybridized carbons (Fsp3) is 0.533. The number of benzene rings is 1. The van der Waals surface area contributed by atoms with Crippen LogP contribution in [0.25, 0.3) is 0 Å². The molecule has 18 heavy (non-hydrogen) atoms. The third-order valence-electron chi connectivity index (χ3n) is 3.58. The van der Waals surface area contributed by atoms with Crippen LogP contribution in [0.4, 0.5) is 5.69 Å². The lowest BCUT2D eigenvalue weighted by Crippen LogP contribution is -2.30. The van der Waals surface area contributed by atoms with E-state index in [1.807, 2.05) is 18.2 Å². The van der Waals surface area contributed by atoms with Crippen molar-refractivity contribution in [2.75, 3.05) is 5.32 Å². The van der Waals surface area contributed by atoms with Crippen LogP contribution in [0, 0.1) is 23.2 Å². The fourth-order valence-corrected chi connectivity index (χ4v) is 3.53. The van der Waals surface area contributed by atoms with Gasteiger partial charge in [0.05, 0.1) is 11.6 Å². The summed E-state index contributed by atoms with van der Waals surface area (Å²) in [6, 6.07) is 8.54. The molecule has 0 aliphatic heterocycles. The Balaban J connectivity index is 2.09. The van der Waals surface area contributed by atoms with Crippen molar-refractivity contribution in [2.45, 2.75) is 39.2 Å². The number of rotatable bonds is 2. The number of halogens is 1. The Morgan fingerprint density at radius 1 is 1.17 bits per heavy atom. The molecule has 1 aliphatic rings. The molecular formula is C15H19BrN2. The van der Waals surface area contributed by atoms with Crippen LogP contribution in [0.3, 0.4) is 0 Å². The molecule has 0 saturated heterocycles. The SMILES string of the molecule is CC1CC(C)CC(Nc2cc(Br)cc(C#N)c2)C1. The summed E-state index contributed by atoms with van der Waals surface area (Å²) in [6.45, 7) is 4.65. The molecule has 0 spiro atoms. The van der Waals surface area contributed by atoms with Gasteiger partial charge in [-0.15, -0.1) is 0 Å². The highest BCUT2D eigenvalue weighted by molar-refractivity contribution is 9.10. The van der Waals surface area contributed by atoms with Crippen molar-refractivity contribution in [2.24, 2.45) is 11.8 Å². The van der Waals surface area contributed by atoms with Crippen LogP contribution in [0.15, 0.2) is 22.7 Å². The van der Waals surface area contributed by atoms with Crippen LogP contribution in [-0.4, -0.2) is 6.04 Å². The molecule has 0 heterocycles. The molecule has 1 aromatic rings. The van der Waals surface area contributed by atoms with Gasteiger partial charge in [-0.2, -0.15) is 5.26 Å². The Labute approximate surface area is 118 Å². The van der Waals surface area contributed by atoms with Gasteiger partial charge < -0.3 is 5.32 Å². The summed E-state index contributed by atoms with van der Waals surface area (Å²) in [4.78, 5) is 0. The predicted octanol–water partition coefficient (Wildman–Crippen LogP) is 4.56. The first-order chi connectivity index (χ1) is 8.56. The van der Waals surface area contributed by atoms with Crippen LogP contribution in [0.1, 0.15) is 38.7 Å². The quantitative estimate of drug-likeness (QED) is 0.869. The van der Waals surface area contributed by atoms with Crippen molar-refractivity contribution < 1.29 is 0 Å². The van der Waals surface area contributed by atoms with Crippen LogP contribution >= 0.6 is 15.9 Å². The Kier molecular flexibility index (Phi) is 4.29. The Bertz CT molecular complexity index is 454.